The second-order valence-electron chi connectivity index (χ2n) is 6.42. The number of piperidine rings is 1. The van der Waals surface area contributed by atoms with E-state index in [1.54, 1.807) is 0 Å². The van der Waals surface area contributed by atoms with E-state index in [1.807, 2.05) is 24.3 Å². The fourth-order valence-corrected chi connectivity index (χ4v) is 2.90. The number of urea groups is 1. The molecule has 4 nitrogen and oxygen atoms in total. The largest absolute Gasteiger partial charge is 0.372 e. The van der Waals surface area contributed by atoms with Crippen molar-refractivity contribution in [3.63, 3.8) is 0 Å². The Morgan fingerprint density at radius 2 is 1.72 bits per heavy atom. The third kappa shape index (κ3) is 4.47. The van der Waals surface area contributed by atoms with Gasteiger partial charge in [0.15, 0.2) is 0 Å². The summed E-state index contributed by atoms with van der Waals surface area (Å²) in [7, 11) is 0. The van der Waals surface area contributed by atoms with E-state index in [0.29, 0.717) is 5.69 Å². The molecule has 1 heterocycles. The summed E-state index contributed by atoms with van der Waals surface area (Å²) in [5.41, 5.74) is 1.66. The zero-order valence-corrected chi connectivity index (χ0v) is 14.1. The predicted molar refractivity (Wildman–Crippen MR) is 96.1 cm³/mol. The number of carbonyl (C=O) groups is 1. The van der Waals surface area contributed by atoms with Crippen molar-refractivity contribution in [2.75, 3.05) is 28.6 Å². The van der Waals surface area contributed by atoms with Gasteiger partial charge in [-0.1, -0.05) is 6.92 Å². The van der Waals surface area contributed by atoms with Crippen molar-refractivity contribution in [1.82, 2.24) is 0 Å². The van der Waals surface area contributed by atoms with Crippen LogP contribution >= 0.6 is 0 Å². The third-order valence-corrected chi connectivity index (χ3v) is 4.45. The number of hydrogen-bond acceptors (Lipinski definition) is 2. The molecule has 0 saturated carbocycles. The molecule has 0 radical (unpaired) electrons. The molecule has 3 rings (SSSR count). The number of nitrogens with one attached hydrogen (secondary N) is 2. The average Bonchev–Trinajstić information content (AvgIpc) is 2.59. The van der Waals surface area contributed by atoms with Crippen LogP contribution in [-0.2, 0) is 0 Å². The Labute approximate surface area is 145 Å². The average molecular weight is 345 g/mol. The Balaban J connectivity index is 1.58. The molecule has 1 aliphatic heterocycles. The Morgan fingerprint density at radius 3 is 2.36 bits per heavy atom. The Kier molecular flexibility index (Phi) is 5.16. The molecular weight excluding hydrogens is 324 g/mol. The first kappa shape index (κ1) is 17.2. The van der Waals surface area contributed by atoms with Gasteiger partial charge in [-0.25, -0.2) is 13.6 Å². The van der Waals surface area contributed by atoms with Gasteiger partial charge >= 0.3 is 6.03 Å². The smallest absolute Gasteiger partial charge is 0.323 e. The van der Waals surface area contributed by atoms with Crippen LogP contribution in [0.2, 0.25) is 0 Å². The number of carbonyl (C=O) groups excluding carboxylic acids is 1. The quantitative estimate of drug-likeness (QED) is 0.835. The zero-order valence-electron chi connectivity index (χ0n) is 14.1. The first-order valence-corrected chi connectivity index (χ1v) is 8.39. The van der Waals surface area contributed by atoms with Gasteiger partial charge in [-0.3, -0.25) is 0 Å². The Hall–Kier alpha value is -2.63. The highest BCUT2D eigenvalue weighted by atomic mass is 19.1. The maximum atomic E-state index is 13.5. The highest BCUT2D eigenvalue weighted by Gasteiger charge is 2.16. The lowest BCUT2D eigenvalue weighted by Gasteiger charge is -2.32. The SMILES string of the molecule is CC1CCN(c2ccc(NC(=O)Nc3ccc(F)cc3F)cc2)CC1. The van der Waals surface area contributed by atoms with Crippen molar-refractivity contribution < 1.29 is 13.6 Å². The van der Waals surface area contributed by atoms with Crippen molar-refractivity contribution in [1.29, 1.82) is 0 Å². The molecule has 2 aromatic carbocycles. The lowest BCUT2D eigenvalue weighted by atomic mass is 9.99. The summed E-state index contributed by atoms with van der Waals surface area (Å²) < 4.78 is 26.4. The number of anilines is 3. The minimum atomic E-state index is -0.815. The van der Waals surface area contributed by atoms with Crippen LogP contribution in [0.1, 0.15) is 19.8 Å². The van der Waals surface area contributed by atoms with Gasteiger partial charge < -0.3 is 15.5 Å². The molecule has 0 aliphatic carbocycles. The van der Waals surface area contributed by atoms with Crippen molar-refractivity contribution in [3.05, 3.63) is 54.1 Å². The Morgan fingerprint density at radius 1 is 1.04 bits per heavy atom. The van der Waals surface area contributed by atoms with Crippen molar-refractivity contribution in [2.24, 2.45) is 5.92 Å². The fourth-order valence-electron chi connectivity index (χ4n) is 2.90. The minimum absolute atomic E-state index is 0.0713. The molecule has 1 saturated heterocycles. The van der Waals surface area contributed by atoms with Gasteiger partial charge in [0.1, 0.15) is 11.6 Å². The molecule has 2 amide bonds. The number of hydrogen-bond donors (Lipinski definition) is 2. The molecule has 2 aromatic rings. The lowest BCUT2D eigenvalue weighted by molar-refractivity contribution is 0.262. The molecule has 0 unspecified atom stereocenters. The third-order valence-electron chi connectivity index (χ3n) is 4.45. The summed E-state index contributed by atoms with van der Waals surface area (Å²) in [6.45, 7) is 4.35. The van der Waals surface area contributed by atoms with Crippen molar-refractivity contribution >= 4 is 23.1 Å². The van der Waals surface area contributed by atoms with E-state index in [0.717, 1.165) is 36.8 Å². The molecule has 1 aliphatic rings. The van der Waals surface area contributed by atoms with E-state index in [1.165, 1.54) is 18.9 Å². The first-order chi connectivity index (χ1) is 12.0. The van der Waals surface area contributed by atoms with E-state index >= 15 is 0 Å². The van der Waals surface area contributed by atoms with Crippen LogP contribution in [0.5, 0.6) is 0 Å². The van der Waals surface area contributed by atoms with E-state index in [2.05, 4.69) is 22.5 Å². The Bertz CT molecular complexity index is 741. The van der Waals surface area contributed by atoms with Crippen molar-refractivity contribution in [2.45, 2.75) is 19.8 Å². The topological polar surface area (TPSA) is 44.4 Å². The summed E-state index contributed by atoms with van der Waals surface area (Å²) in [6.07, 6.45) is 2.37. The van der Waals surface area contributed by atoms with Crippen LogP contribution in [-0.4, -0.2) is 19.1 Å². The van der Waals surface area contributed by atoms with E-state index in [9.17, 15) is 13.6 Å². The molecule has 6 heteroatoms. The van der Waals surface area contributed by atoms with Gasteiger partial charge in [-0.15, -0.1) is 0 Å². The number of nitrogens with zero attached hydrogens (tertiary/aromatic N) is 1. The first-order valence-electron chi connectivity index (χ1n) is 8.39. The second-order valence-corrected chi connectivity index (χ2v) is 6.42. The highest BCUT2D eigenvalue weighted by molar-refractivity contribution is 5.99. The highest BCUT2D eigenvalue weighted by Crippen LogP contribution is 2.24. The summed E-state index contributed by atoms with van der Waals surface area (Å²) in [5.74, 6) is -0.733. The number of benzene rings is 2. The van der Waals surface area contributed by atoms with E-state index in [4.69, 9.17) is 0 Å². The zero-order chi connectivity index (χ0) is 17.8. The van der Waals surface area contributed by atoms with E-state index in [-0.39, 0.29) is 5.69 Å². The van der Waals surface area contributed by atoms with Crippen LogP contribution in [0, 0.1) is 17.6 Å². The fraction of sp³-hybridized carbons (Fsp3) is 0.316. The van der Waals surface area contributed by atoms with Gasteiger partial charge in [0, 0.05) is 30.5 Å². The van der Waals surface area contributed by atoms with Crippen molar-refractivity contribution in [3.8, 4) is 0 Å². The maximum Gasteiger partial charge on any atom is 0.323 e. The van der Waals surface area contributed by atoms with Gasteiger partial charge in [0.05, 0.1) is 5.69 Å². The molecule has 2 N–H and O–H groups in total. The van der Waals surface area contributed by atoms with Gasteiger partial charge in [-0.2, -0.15) is 0 Å². The number of rotatable bonds is 3. The van der Waals surface area contributed by atoms with Crippen LogP contribution in [0.25, 0.3) is 0 Å². The molecule has 0 aromatic heterocycles. The summed E-state index contributed by atoms with van der Waals surface area (Å²) in [6, 6.07) is 9.97. The van der Waals surface area contributed by atoms with Crippen LogP contribution in [0.3, 0.4) is 0 Å². The normalized spacial score (nSPS) is 15.1. The number of amides is 2. The van der Waals surface area contributed by atoms with Gasteiger partial charge in [-0.05, 0) is 55.2 Å². The lowest BCUT2D eigenvalue weighted by Crippen LogP contribution is -2.32. The summed E-state index contributed by atoms with van der Waals surface area (Å²) >= 11 is 0. The summed E-state index contributed by atoms with van der Waals surface area (Å²) in [5, 5.41) is 5.01. The molecule has 25 heavy (non-hydrogen) atoms. The summed E-state index contributed by atoms with van der Waals surface area (Å²) in [4.78, 5) is 14.3. The number of halogens is 2. The van der Waals surface area contributed by atoms with Crippen LogP contribution in [0.4, 0.5) is 30.6 Å². The van der Waals surface area contributed by atoms with Crippen LogP contribution in [0.15, 0.2) is 42.5 Å². The predicted octanol–water partition coefficient (Wildman–Crippen LogP) is 4.85. The van der Waals surface area contributed by atoms with E-state index < -0.39 is 17.7 Å². The second kappa shape index (κ2) is 7.51. The molecule has 0 atom stereocenters. The molecule has 0 spiro atoms. The molecule has 1 fully saturated rings. The molecule has 0 bridgehead atoms. The minimum Gasteiger partial charge on any atom is -0.372 e. The molecular formula is C19H21F2N3O. The molecule has 132 valence electrons. The van der Waals surface area contributed by atoms with Crippen LogP contribution < -0.4 is 15.5 Å². The maximum absolute atomic E-state index is 13.5. The van der Waals surface area contributed by atoms with Gasteiger partial charge in [0.2, 0.25) is 0 Å². The monoisotopic (exact) mass is 345 g/mol. The van der Waals surface area contributed by atoms with Gasteiger partial charge in [0.25, 0.3) is 0 Å². The standard InChI is InChI=1S/C19H21F2N3O/c1-13-8-10-24(11-9-13)16-5-3-15(4-6-16)22-19(25)23-18-7-2-14(20)12-17(18)21/h2-7,12-13H,8-11H2,1H3,(H2,22,23,25).